The van der Waals surface area contributed by atoms with E-state index in [0.29, 0.717) is 29.6 Å². The molecule has 0 spiro atoms. The van der Waals surface area contributed by atoms with Crippen LogP contribution in [0.25, 0.3) is 0 Å². The van der Waals surface area contributed by atoms with Crippen LogP contribution < -0.4 is 24.3 Å². The van der Waals surface area contributed by atoms with Crippen LogP contribution in [-0.2, 0) is 16.1 Å². The molecule has 1 aliphatic heterocycles. The fourth-order valence-electron chi connectivity index (χ4n) is 2.59. The van der Waals surface area contributed by atoms with E-state index in [9.17, 15) is 9.59 Å². The van der Waals surface area contributed by atoms with Crippen molar-refractivity contribution in [1.82, 2.24) is 5.32 Å². The van der Waals surface area contributed by atoms with Crippen LogP contribution in [0.2, 0.25) is 0 Å². The molecule has 148 valence electrons. The fraction of sp³-hybridized carbons (Fsp3) is 0.300. The second-order valence-corrected chi connectivity index (χ2v) is 5.84. The molecular formula is C20H21NO7. The molecule has 0 aliphatic carbocycles. The predicted octanol–water partition coefficient (Wildman–Crippen LogP) is 2.30. The van der Waals surface area contributed by atoms with Crippen molar-refractivity contribution in [2.45, 2.75) is 13.5 Å². The molecule has 0 fully saturated rings. The van der Waals surface area contributed by atoms with Crippen LogP contribution in [0.4, 0.5) is 0 Å². The van der Waals surface area contributed by atoms with Crippen molar-refractivity contribution in [3.05, 3.63) is 47.5 Å². The van der Waals surface area contributed by atoms with Gasteiger partial charge in [-0.05, 0) is 42.8 Å². The molecule has 0 aromatic heterocycles. The number of hydrogen-bond acceptors (Lipinski definition) is 7. The first kappa shape index (κ1) is 19.3. The predicted molar refractivity (Wildman–Crippen MR) is 98.9 cm³/mol. The molecule has 0 saturated carbocycles. The van der Waals surface area contributed by atoms with Gasteiger partial charge in [-0.1, -0.05) is 6.07 Å². The molecule has 8 nitrogen and oxygen atoms in total. The minimum Gasteiger partial charge on any atom is -0.493 e. The van der Waals surface area contributed by atoms with E-state index in [1.165, 1.54) is 13.2 Å². The van der Waals surface area contributed by atoms with Gasteiger partial charge in [0.05, 0.1) is 19.3 Å². The van der Waals surface area contributed by atoms with Gasteiger partial charge in [0.25, 0.3) is 5.91 Å². The zero-order valence-electron chi connectivity index (χ0n) is 15.7. The van der Waals surface area contributed by atoms with Crippen LogP contribution in [0, 0.1) is 0 Å². The maximum Gasteiger partial charge on any atom is 0.338 e. The topological polar surface area (TPSA) is 92.3 Å². The summed E-state index contributed by atoms with van der Waals surface area (Å²) in [6, 6.07) is 10.1. The van der Waals surface area contributed by atoms with Crippen molar-refractivity contribution in [2.24, 2.45) is 0 Å². The number of rotatable bonds is 8. The normalized spacial score (nSPS) is 11.6. The molecule has 0 radical (unpaired) electrons. The van der Waals surface area contributed by atoms with E-state index in [-0.39, 0.29) is 25.5 Å². The Morgan fingerprint density at radius 3 is 2.68 bits per heavy atom. The first-order chi connectivity index (χ1) is 13.6. The Bertz CT molecular complexity index is 866. The van der Waals surface area contributed by atoms with Gasteiger partial charge in [-0.3, -0.25) is 4.79 Å². The standard InChI is InChI=1S/C20H21NO7/c1-3-25-18-9-14(5-7-15(18)24-2)20(23)26-11-19(22)21-10-13-4-6-16-17(8-13)28-12-27-16/h4-9H,3,10-12H2,1-2H3,(H,21,22). The summed E-state index contributed by atoms with van der Waals surface area (Å²) in [5.41, 5.74) is 1.12. The van der Waals surface area contributed by atoms with Gasteiger partial charge in [0.2, 0.25) is 6.79 Å². The van der Waals surface area contributed by atoms with Crippen LogP contribution in [0.5, 0.6) is 23.0 Å². The van der Waals surface area contributed by atoms with Crippen LogP contribution in [-0.4, -0.2) is 39.0 Å². The molecule has 2 aromatic rings. The first-order valence-electron chi connectivity index (χ1n) is 8.74. The van der Waals surface area contributed by atoms with Gasteiger partial charge in [-0.25, -0.2) is 4.79 Å². The summed E-state index contributed by atoms with van der Waals surface area (Å²) in [5.74, 6) is 1.23. The van der Waals surface area contributed by atoms with Gasteiger partial charge in [0.15, 0.2) is 29.6 Å². The average Bonchev–Trinajstić information content (AvgIpc) is 3.18. The molecule has 0 saturated heterocycles. The molecular weight excluding hydrogens is 366 g/mol. The van der Waals surface area contributed by atoms with Crippen molar-refractivity contribution in [1.29, 1.82) is 0 Å². The summed E-state index contributed by atoms with van der Waals surface area (Å²) >= 11 is 0. The molecule has 0 atom stereocenters. The number of hydrogen-bond donors (Lipinski definition) is 1. The monoisotopic (exact) mass is 387 g/mol. The van der Waals surface area contributed by atoms with Crippen molar-refractivity contribution in [3.8, 4) is 23.0 Å². The lowest BCUT2D eigenvalue weighted by atomic mass is 10.2. The van der Waals surface area contributed by atoms with Gasteiger partial charge in [0, 0.05) is 6.54 Å². The SMILES string of the molecule is CCOc1cc(C(=O)OCC(=O)NCc2ccc3c(c2)OCO3)ccc1OC. The highest BCUT2D eigenvalue weighted by Crippen LogP contribution is 2.32. The van der Waals surface area contributed by atoms with E-state index in [4.69, 9.17) is 23.7 Å². The third kappa shape index (κ3) is 4.64. The van der Waals surface area contributed by atoms with E-state index in [2.05, 4.69) is 5.32 Å². The summed E-state index contributed by atoms with van der Waals surface area (Å²) in [6.07, 6.45) is 0. The van der Waals surface area contributed by atoms with Gasteiger partial charge in [0.1, 0.15) is 0 Å². The molecule has 0 bridgehead atoms. The van der Waals surface area contributed by atoms with Crippen LogP contribution >= 0.6 is 0 Å². The van der Waals surface area contributed by atoms with Crippen molar-refractivity contribution >= 4 is 11.9 Å². The molecule has 8 heteroatoms. The molecule has 1 aliphatic rings. The smallest absolute Gasteiger partial charge is 0.338 e. The third-order valence-corrected chi connectivity index (χ3v) is 3.96. The summed E-state index contributed by atoms with van der Waals surface area (Å²) < 4.78 is 26.2. The lowest BCUT2D eigenvalue weighted by Crippen LogP contribution is -2.28. The second kappa shape index (κ2) is 8.98. The number of methoxy groups -OCH3 is 1. The molecule has 28 heavy (non-hydrogen) atoms. The maximum absolute atomic E-state index is 12.2. The highest BCUT2D eigenvalue weighted by molar-refractivity contribution is 5.92. The van der Waals surface area contributed by atoms with E-state index in [1.807, 2.05) is 13.0 Å². The molecule has 1 amide bonds. The average molecular weight is 387 g/mol. The van der Waals surface area contributed by atoms with E-state index in [1.54, 1.807) is 24.3 Å². The van der Waals surface area contributed by atoms with Gasteiger partial charge in [-0.2, -0.15) is 0 Å². The minimum atomic E-state index is -0.623. The number of ether oxygens (including phenoxy) is 5. The van der Waals surface area contributed by atoms with Gasteiger partial charge in [-0.15, -0.1) is 0 Å². The third-order valence-electron chi connectivity index (χ3n) is 3.96. The molecule has 3 rings (SSSR count). The quantitative estimate of drug-likeness (QED) is 0.695. The summed E-state index contributed by atoms with van der Waals surface area (Å²) in [6.45, 7) is 2.34. The van der Waals surface area contributed by atoms with E-state index < -0.39 is 11.9 Å². The van der Waals surface area contributed by atoms with Crippen molar-refractivity contribution in [2.75, 3.05) is 27.1 Å². The van der Waals surface area contributed by atoms with Crippen molar-refractivity contribution < 1.29 is 33.3 Å². The van der Waals surface area contributed by atoms with Crippen LogP contribution in [0.1, 0.15) is 22.8 Å². The summed E-state index contributed by atoms with van der Waals surface area (Å²) in [5, 5.41) is 2.69. The number of benzene rings is 2. The van der Waals surface area contributed by atoms with Crippen LogP contribution in [0.3, 0.4) is 0 Å². The zero-order valence-corrected chi connectivity index (χ0v) is 15.7. The first-order valence-corrected chi connectivity index (χ1v) is 8.74. The fourth-order valence-corrected chi connectivity index (χ4v) is 2.59. The lowest BCUT2D eigenvalue weighted by Gasteiger charge is -2.11. The molecule has 2 aromatic carbocycles. The summed E-state index contributed by atoms with van der Waals surface area (Å²) in [4.78, 5) is 24.1. The Hall–Kier alpha value is -3.42. The number of carbonyl (C=O) groups excluding carboxylic acids is 2. The van der Waals surface area contributed by atoms with Gasteiger partial charge < -0.3 is 29.0 Å². The number of fused-ring (bicyclic) bond motifs is 1. The Balaban J connectivity index is 1.50. The molecule has 0 unspecified atom stereocenters. The van der Waals surface area contributed by atoms with E-state index >= 15 is 0 Å². The Morgan fingerprint density at radius 1 is 1.07 bits per heavy atom. The Morgan fingerprint density at radius 2 is 1.89 bits per heavy atom. The minimum absolute atomic E-state index is 0.192. The Labute approximate surface area is 162 Å². The van der Waals surface area contributed by atoms with Crippen molar-refractivity contribution in [3.63, 3.8) is 0 Å². The second-order valence-electron chi connectivity index (χ2n) is 5.84. The zero-order chi connectivity index (χ0) is 19.9. The number of nitrogens with one attached hydrogen (secondary N) is 1. The number of amides is 1. The van der Waals surface area contributed by atoms with Crippen LogP contribution in [0.15, 0.2) is 36.4 Å². The molecule has 1 N–H and O–H groups in total. The number of esters is 1. The summed E-state index contributed by atoms with van der Waals surface area (Å²) in [7, 11) is 1.51. The lowest BCUT2D eigenvalue weighted by molar-refractivity contribution is -0.124. The highest BCUT2D eigenvalue weighted by Gasteiger charge is 2.15. The number of carbonyl (C=O) groups is 2. The highest BCUT2D eigenvalue weighted by atomic mass is 16.7. The van der Waals surface area contributed by atoms with E-state index in [0.717, 1.165) is 5.56 Å². The Kier molecular flexibility index (Phi) is 6.21. The maximum atomic E-state index is 12.2. The largest absolute Gasteiger partial charge is 0.493 e. The molecule has 1 heterocycles. The van der Waals surface area contributed by atoms with Gasteiger partial charge >= 0.3 is 5.97 Å².